The van der Waals surface area contributed by atoms with Gasteiger partial charge in [0, 0.05) is 18.7 Å². The molecule has 5 heteroatoms. The number of morpholine rings is 1. The van der Waals surface area contributed by atoms with E-state index in [1.54, 1.807) is 18.2 Å². The molecule has 1 amide bonds. The maximum Gasteiger partial charge on any atom is 0.254 e. The van der Waals surface area contributed by atoms with Gasteiger partial charge in [-0.15, -0.1) is 0 Å². The van der Waals surface area contributed by atoms with Crippen LogP contribution in [0.4, 0.5) is 5.69 Å². The number of hydrogen-bond donors (Lipinski definition) is 1. The molecular formula is C15H22N2O3. The second-order valence-corrected chi connectivity index (χ2v) is 5.15. The molecule has 5 nitrogen and oxygen atoms in total. The number of benzene rings is 1. The number of nitrogen functional groups attached to an aromatic ring is 1. The number of nitrogens with zero attached hydrogens (tertiary/aromatic N) is 1. The topological polar surface area (TPSA) is 64.8 Å². The number of nitrogens with two attached hydrogens (primary N) is 1. The molecule has 2 atom stereocenters. The van der Waals surface area contributed by atoms with Gasteiger partial charge in [0.1, 0.15) is 5.75 Å². The minimum Gasteiger partial charge on any atom is -0.492 e. The van der Waals surface area contributed by atoms with Gasteiger partial charge in [0.05, 0.1) is 24.5 Å². The first-order valence-corrected chi connectivity index (χ1v) is 6.98. The van der Waals surface area contributed by atoms with Crippen molar-refractivity contribution in [3.8, 4) is 5.75 Å². The van der Waals surface area contributed by atoms with Gasteiger partial charge in [0.2, 0.25) is 0 Å². The molecule has 1 aliphatic rings. The Kier molecular flexibility index (Phi) is 4.49. The van der Waals surface area contributed by atoms with E-state index in [2.05, 4.69) is 0 Å². The Hall–Kier alpha value is -1.75. The lowest BCUT2D eigenvalue weighted by Crippen LogP contribution is -2.48. The first-order valence-electron chi connectivity index (χ1n) is 6.98. The minimum atomic E-state index is -0.0123. The lowest BCUT2D eigenvalue weighted by Gasteiger charge is -2.35. The van der Waals surface area contributed by atoms with Crippen molar-refractivity contribution in [3.05, 3.63) is 23.8 Å². The number of anilines is 1. The van der Waals surface area contributed by atoms with E-state index >= 15 is 0 Å². The highest BCUT2D eigenvalue weighted by molar-refractivity contribution is 5.95. The molecule has 2 N–H and O–H groups in total. The summed E-state index contributed by atoms with van der Waals surface area (Å²) >= 11 is 0. The van der Waals surface area contributed by atoms with Crippen molar-refractivity contribution in [1.29, 1.82) is 0 Å². The largest absolute Gasteiger partial charge is 0.492 e. The van der Waals surface area contributed by atoms with Crippen molar-refractivity contribution < 1.29 is 14.3 Å². The molecule has 0 bridgehead atoms. The molecule has 0 aliphatic carbocycles. The van der Waals surface area contributed by atoms with Crippen LogP contribution in [0.5, 0.6) is 5.75 Å². The van der Waals surface area contributed by atoms with Crippen LogP contribution in [0.3, 0.4) is 0 Å². The summed E-state index contributed by atoms with van der Waals surface area (Å²) in [5.41, 5.74) is 6.99. The quantitative estimate of drug-likeness (QED) is 0.858. The fourth-order valence-corrected chi connectivity index (χ4v) is 2.49. The van der Waals surface area contributed by atoms with Crippen LogP contribution in [-0.4, -0.2) is 42.7 Å². The van der Waals surface area contributed by atoms with Crippen LogP contribution in [0.25, 0.3) is 0 Å². The van der Waals surface area contributed by atoms with Gasteiger partial charge in [-0.2, -0.15) is 0 Å². The van der Waals surface area contributed by atoms with Crippen molar-refractivity contribution in [1.82, 2.24) is 4.90 Å². The van der Waals surface area contributed by atoms with E-state index in [-0.39, 0.29) is 18.1 Å². The highest BCUT2D eigenvalue weighted by atomic mass is 16.5. The number of carbonyl (C=O) groups excluding carboxylic acids is 1. The van der Waals surface area contributed by atoms with Gasteiger partial charge in [-0.05, 0) is 39.0 Å². The number of ether oxygens (including phenoxy) is 2. The van der Waals surface area contributed by atoms with Crippen molar-refractivity contribution in [2.24, 2.45) is 0 Å². The predicted octanol–water partition coefficient (Wildman–Crippen LogP) is 1.92. The highest BCUT2D eigenvalue weighted by Crippen LogP contribution is 2.24. The molecule has 2 unspecified atom stereocenters. The molecule has 110 valence electrons. The number of carbonyl (C=O) groups is 1. The van der Waals surface area contributed by atoms with E-state index in [0.717, 1.165) is 0 Å². The molecule has 0 radical (unpaired) electrons. The second kappa shape index (κ2) is 6.13. The number of amides is 1. The average molecular weight is 278 g/mol. The lowest BCUT2D eigenvalue weighted by atomic mass is 10.1. The molecule has 1 fully saturated rings. The van der Waals surface area contributed by atoms with Gasteiger partial charge in [0.25, 0.3) is 5.91 Å². The van der Waals surface area contributed by atoms with Gasteiger partial charge >= 0.3 is 0 Å². The van der Waals surface area contributed by atoms with E-state index in [9.17, 15) is 4.79 Å². The molecule has 1 heterocycles. The summed E-state index contributed by atoms with van der Waals surface area (Å²) in [6.07, 6.45) is 0.116. The van der Waals surface area contributed by atoms with Crippen molar-refractivity contribution in [2.75, 3.05) is 25.4 Å². The van der Waals surface area contributed by atoms with E-state index < -0.39 is 0 Å². The van der Waals surface area contributed by atoms with Crippen LogP contribution >= 0.6 is 0 Å². The molecule has 1 saturated heterocycles. The molecule has 0 saturated carbocycles. The van der Waals surface area contributed by atoms with Crippen LogP contribution in [0.1, 0.15) is 31.1 Å². The monoisotopic (exact) mass is 278 g/mol. The van der Waals surface area contributed by atoms with E-state index in [1.165, 1.54) is 0 Å². The first kappa shape index (κ1) is 14.7. The predicted molar refractivity (Wildman–Crippen MR) is 77.9 cm³/mol. The normalized spacial score (nSPS) is 22.6. The SMILES string of the molecule is CCOc1ccc(C(=O)N2CC(C)OC(C)C2)cc1N. The van der Waals surface area contributed by atoms with Crippen LogP contribution < -0.4 is 10.5 Å². The third-order valence-electron chi connectivity index (χ3n) is 3.26. The van der Waals surface area contributed by atoms with Crippen LogP contribution in [0.2, 0.25) is 0 Å². The Morgan fingerprint density at radius 1 is 1.40 bits per heavy atom. The summed E-state index contributed by atoms with van der Waals surface area (Å²) in [4.78, 5) is 14.3. The third-order valence-corrected chi connectivity index (χ3v) is 3.26. The molecule has 20 heavy (non-hydrogen) atoms. The van der Waals surface area contributed by atoms with Gasteiger partial charge < -0.3 is 20.1 Å². The van der Waals surface area contributed by atoms with Gasteiger partial charge in [-0.25, -0.2) is 0 Å². The zero-order chi connectivity index (χ0) is 14.7. The third kappa shape index (κ3) is 3.22. The number of hydrogen-bond acceptors (Lipinski definition) is 4. The number of rotatable bonds is 3. The molecule has 1 aromatic rings. The van der Waals surface area contributed by atoms with Crippen molar-refractivity contribution >= 4 is 11.6 Å². The Labute approximate surface area is 119 Å². The highest BCUT2D eigenvalue weighted by Gasteiger charge is 2.26. The Bertz CT molecular complexity index is 480. The zero-order valence-electron chi connectivity index (χ0n) is 12.3. The van der Waals surface area contributed by atoms with Gasteiger partial charge in [-0.3, -0.25) is 4.79 Å². The van der Waals surface area contributed by atoms with Gasteiger partial charge in [0.15, 0.2) is 0 Å². The van der Waals surface area contributed by atoms with Crippen LogP contribution in [0, 0.1) is 0 Å². The molecular weight excluding hydrogens is 256 g/mol. The molecule has 0 spiro atoms. The smallest absolute Gasteiger partial charge is 0.254 e. The minimum absolute atomic E-state index is 0.0123. The van der Waals surface area contributed by atoms with Gasteiger partial charge in [-0.1, -0.05) is 0 Å². The second-order valence-electron chi connectivity index (χ2n) is 5.15. The van der Waals surface area contributed by atoms with Crippen LogP contribution in [0.15, 0.2) is 18.2 Å². The fourth-order valence-electron chi connectivity index (χ4n) is 2.49. The Balaban J connectivity index is 2.14. The summed E-state index contributed by atoms with van der Waals surface area (Å²) in [6.45, 7) is 7.61. The molecule has 1 aliphatic heterocycles. The standard InChI is InChI=1S/C15H22N2O3/c1-4-19-14-6-5-12(7-13(14)16)15(18)17-8-10(2)20-11(3)9-17/h5-7,10-11H,4,8-9,16H2,1-3H3. The molecule has 2 rings (SSSR count). The lowest BCUT2D eigenvalue weighted by molar-refractivity contribution is -0.0586. The Morgan fingerprint density at radius 2 is 2.05 bits per heavy atom. The molecule has 0 aromatic heterocycles. The zero-order valence-corrected chi connectivity index (χ0v) is 12.3. The summed E-state index contributed by atoms with van der Waals surface area (Å²) in [6, 6.07) is 5.19. The van der Waals surface area contributed by atoms with E-state index in [1.807, 2.05) is 25.7 Å². The summed E-state index contributed by atoms with van der Waals surface area (Å²) in [5.74, 6) is 0.606. The fraction of sp³-hybridized carbons (Fsp3) is 0.533. The van der Waals surface area contributed by atoms with Crippen LogP contribution in [-0.2, 0) is 4.74 Å². The summed E-state index contributed by atoms with van der Waals surface area (Å²) in [7, 11) is 0. The average Bonchev–Trinajstić information content (AvgIpc) is 2.39. The van der Waals surface area contributed by atoms with Crippen molar-refractivity contribution in [3.63, 3.8) is 0 Å². The first-order chi connectivity index (χ1) is 9.51. The maximum atomic E-state index is 12.5. The van der Waals surface area contributed by atoms with E-state index in [4.69, 9.17) is 15.2 Å². The maximum absolute atomic E-state index is 12.5. The van der Waals surface area contributed by atoms with E-state index in [0.29, 0.717) is 36.7 Å². The summed E-state index contributed by atoms with van der Waals surface area (Å²) in [5, 5.41) is 0. The molecule has 1 aromatic carbocycles. The van der Waals surface area contributed by atoms with Crippen molar-refractivity contribution in [2.45, 2.75) is 33.0 Å². The summed E-state index contributed by atoms with van der Waals surface area (Å²) < 4.78 is 11.0. The Morgan fingerprint density at radius 3 is 2.60 bits per heavy atom.